The van der Waals surface area contributed by atoms with Gasteiger partial charge in [0.15, 0.2) is 0 Å². The minimum absolute atomic E-state index is 0.335. The Hall–Kier alpha value is -0.0800. The van der Waals surface area contributed by atoms with Crippen molar-refractivity contribution in [2.75, 3.05) is 13.2 Å². The van der Waals surface area contributed by atoms with Crippen LogP contribution in [0.2, 0.25) is 0 Å². The Kier molecular flexibility index (Phi) is 9.85. The summed E-state index contributed by atoms with van der Waals surface area (Å²) in [7, 11) is 0. The van der Waals surface area contributed by atoms with E-state index in [-0.39, 0.29) is 0 Å². The van der Waals surface area contributed by atoms with Gasteiger partial charge in [0, 0.05) is 6.04 Å². The molecule has 0 bridgehead atoms. The van der Waals surface area contributed by atoms with E-state index in [1.165, 1.54) is 19.3 Å². The summed E-state index contributed by atoms with van der Waals surface area (Å²) < 4.78 is 5.74. The van der Waals surface area contributed by atoms with Crippen LogP contribution in [0.1, 0.15) is 60.8 Å². The zero-order valence-electron chi connectivity index (χ0n) is 12.8. The molecule has 0 rings (SSSR count). The van der Waals surface area contributed by atoms with E-state index in [0.717, 1.165) is 25.0 Å². The van der Waals surface area contributed by atoms with E-state index in [1.54, 1.807) is 0 Å². The van der Waals surface area contributed by atoms with Crippen molar-refractivity contribution in [3.8, 4) is 0 Å². The standard InChI is InChI=1S/C15H33NO/c1-7-8-16-15(11-17-13(4)5)10-14(6)9-12(2)3/h12-16H,7-11H2,1-6H3. The molecule has 0 fully saturated rings. The van der Waals surface area contributed by atoms with Crippen LogP contribution < -0.4 is 5.32 Å². The molecule has 0 spiro atoms. The van der Waals surface area contributed by atoms with Crippen LogP contribution in [-0.2, 0) is 4.74 Å². The SMILES string of the molecule is CCCNC(COC(C)C)CC(C)CC(C)C. The molecule has 2 nitrogen and oxygen atoms in total. The fraction of sp³-hybridized carbons (Fsp3) is 1.00. The highest BCUT2D eigenvalue weighted by molar-refractivity contribution is 4.70. The van der Waals surface area contributed by atoms with Gasteiger partial charge in [-0.1, -0.05) is 27.7 Å². The second kappa shape index (κ2) is 9.90. The normalized spacial score (nSPS) is 15.5. The minimum Gasteiger partial charge on any atom is -0.377 e. The second-order valence-corrected chi connectivity index (χ2v) is 6.00. The molecule has 0 radical (unpaired) electrons. The molecule has 0 aliphatic carbocycles. The zero-order valence-corrected chi connectivity index (χ0v) is 12.8. The van der Waals surface area contributed by atoms with Crippen LogP contribution in [-0.4, -0.2) is 25.3 Å². The molecule has 0 aliphatic heterocycles. The van der Waals surface area contributed by atoms with Crippen molar-refractivity contribution in [2.24, 2.45) is 11.8 Å². The molecule has 0 aromatic rings. The Morgan fingerprint density at radius 1 is 1.00 bits per heavy atom. The molecule has 104 valence electrons. The average Bonchev–Trinajstić information content (AvgIpc) is 2.20. The monoisotopic (exact) mass is 243 g/mol. The second-order valence-electron chi connectivity index (χ2n) is 6.00. The average molecular weight is 243 g/mol. The predicted molar refractivity (Wildman–Crippen MR) is 76.4 cm³/mol. The van der Waals surface area contributed by atoms with Crippen LogP contribution in [0.3, 0.4) is 0 Å². The number of nitrogens with one attached hydrogen (secondary N) is 1. The molecular weight excluding hydrogens is 210 g/mol. The van der Waals surface area contributed by atoms with Crippen LogP contribution in [0.4, 0.5) is 0 Å². The Balaban J connectivity index is 3.98. The summed E-state index contributed by atoms with van der Waals surface area (Å²) in [5.41, 5.74) is 0. The maximum Gasteiger partial charge on any atom is 0.0623 e. The predicted octanol–water partition coefficient (Wildman–Crippen LogP) is 3.85. The maximum absolute atomic E-state index is 5.74. The summed E-state index contributed by atoms with van der Waals surface area (Å²) in [4.78, 5) is 0. The van der Waals surface area contributed by atoms with Gasteiger partial charge in [0.25, 0.3) is 0 Å². The highest BCUT2D eigenvalue weighted by Gasteiger charge is 2.14. The zero-order chi connectivity index (χ0) is 13.3. The first-order valence-corrected chi connectivity index (χ1v) is 7.30. The van der Waals surface area contributed by atoms with Gasteiger partial charge in [-0.15, -0.1) is 0 Å². The summed E-state index contributed by atoms with van der Waals surface area (Å²) >= 11 is 0. The lowest BCUT2D eigenvalue weighted by atomic mass is 9.93. The summed E-state index contributed by atoms with van der Waals surface area (Å²) in [5.74, 6) is 1.57. The smallest absolute Gasteiger partial charge is 0.0623 e. The molecule has 0 heterocycles. The van der Waals surface area contributed by atoms with Crippen molar-refractivity contribution in [3.63, 3.8) is 0 Å². The van der Waals surface area contributed by atoms with Crippen molar-refractivity contribution in [2.45, 2.75) is 73.0 Å². The van der Waals surface area contributed by atoms with Crippen molar-refractivity contribution < 1.29 is 4.74 Å². The van der Waals surface area contributed by atoms with Gasteiger partial charge in [0.2, 0.25) is 0 Å². The Labute approximate surface area is 109 Å². The fourth-order valence-electron chi connectivity index (χ4n) is 2.25. The van der Waals surface area contributed by atoms with Gasteiger partial charge in [0.05, 0.1) is 12.7 Å². The van der Waals surface area contributed by atoms with Crippen LogP contribution in [0, 0.1) is 11.8 Å². The molecule has 0 saturated carbocycles. The molecule has 17 heavy (non-hydrogen) atoms. The van der Waals surface area contributed by atoms with Gasteiger partial charge in [-0.2, -0.15) is 0 Å². The van der Waals surface area contributed by atoms with E-state index in [9.17, 15) is 0 Å². The van der Waals surface area contributed by atoms with Crippen LogP contribution >= 0.6 is 0 Å². The molecule has 2 atom stereocenters. The molecule has 0 aliphatic rings. The third-order valence-corrected chi connectivity index (χ3v) is 2.87. The summed E-state index contributed by atoms with van der Waals surface area (Å²) in [5, 5.41) is 3.60. The third kappa shape index (κ3) is 10.8. The van der Waals surface area contributed by atoms with Gasteiger partial charge in [-0.25, -0.2) is 0 Å². The van der Waals surface area contributed by atoms with E-state index >= 15 is 0 Å². The lowest BCUT2D eigenvalue weighted by Gasteiger charge is -2.24. The van der Waals surface area contributed by atoms with E-state index < -0.39 is 0 Å². The number of hydrogen-bond donors (Lipinski definition) is 1. The summed E-state index contributed by atoms with van der Waals surface area (Å²) in [6, 6.07) is 0.520. The molecule has 0 saturated heterocycles. The molecule has 0 aromatic heterocycles. The Morgan fingerprint density at radius 3 is 2.12 bits per heavy atom. The molecule has 2 heteroatoms. The van der Waals surface area contributed by atoms with Gasteiger partial charge in [0.1, 0.15) is 0 Å². The first-order valence-electron chi connectivity index (χ1n) is 7.30. The quantitative estimate of drug-likeness (QED) is 0.629. The first kappa shape index (κ1) is 16.9. The van der Waals surface area contributed by atoms with Crippen molar-refractivity contribution in [1.29, 1.82) is 0 Å². The molecule has 0 amide bonds. The number of hydrogen-bond acceptors (Lipinski definition) is 2. The minimum atomic E-state index is 0.335. The van der Waals surface area contributed by atoms with E-state index in [4.69, 9.17) is 4.74 Å². The van der Waals surface area contributed by atoms with Crippen molar-refractivity contribution >= 4 is 0 Å². The van der Waals surface area contributed by atoms with Crippen molar-refractivity contribution in [1.82, 2.24) is 5.32 Å². The largest absolute Gasteiger partial charge is 0.377 e. The van der Waals surface area contributed by atoms with Crippen LogP contribution in [0.25, 0.3) is 0 Å². The lowest BCUT2D eigenvalue weighted by Crippen LogP contribution is -2.36. The van der Waals surface area contributed by atoms with Gasteiger partial charge in [-0.3, -0.25) is 0 Å². The fourth-order valence-corrected chi connectivity index (χ4v) is 2.25. The van der Waals surface area contributed by atoms with Gasteiger partial charge in [-0.05, 0) is 51.5 Å². The van der Waals surface area contributed by atoms with E-state index in [1.807, 2.05) is 0 Å². The highest BCUT2D eigenvalue weighted by Crippen LogP contribution is 2.16. The topological polar surface area (TPSA) is 21.3 Å². The van der Waals surface area contributed by atoms with Gasteiger partial charge < -0.3 is 10.1 Å². The molecule has 0 aromatic carbocycles. The maximum atomic E-state index is 5.74. The highest BCUT2D eigenvalue weighted by atomic mass is 16.5. The van der Waals surface area contributed by atoms with Crippen molar-refractivity contribution in [3.05, 3.63) is 0 Å². The Bertz CT molecular complexity index is 168. The third-order valence-electron chi connectivity index (χ3n) is 2.87. The van der Waals surface area contributed by atoms with Crippen LogP contribution in [0.15, 0.2) is 0 Å². The number of rotatable bonds is 10. The summed E-state index contributed by atoms with van der Waals surface area (Å²) in [6.07, 6.45) is 4.06. The number of ether oxygens (including phenoxy) is 1. The van der Waals surface area contributed by atoms with E-state index in [2.05, 4.69) is 46.9 Å². The lowest BCUT2D eigenvalue weighted by molar-refractivity contribution is 0.0558. The summed E-state index contributed by atoms with van der Waals surface area (Å²) in [6.45, 7) is 15.3. The van der Waals surface area contributed by atoms with Gasteiger partial charge >= 0.3 is 0 Å². The van der Waals surface area contributed by atoms with E-state index in [0.29, 0.717) is 12.1 Å². The molecular formula is C15H33NO. The Morgan fingerprint density at radius 2 is 1.65 bits per heavy atom. The first-order chi connectivity index (χ1) is 7.95. The molecule has 2 unspecified atom stereocenters. The molecule has 1 N–H and O–H groups in total. The van der Waals surface area contributed by atoms with Crippen LogP contribution in [0.5, 0.6) is 0 Å².